The molecule has 0 amide bonds. The fraction of sp³-hybridized carbons (Fsp3) is 1.00. The van der Waals surface area contributed by atoms with Crippen molar-refractivity contribution in [2.75, 3.05) is 19.8 Å². The predicted molar refractivity (Wildman–Crippen MR) is 101 cm³/mol. The van der Waals surface area contributed by atoms with Crippen molar-refractivity contribution in [1.29, 1.82) is 0 Å². The summed E-state index contributed by atoms with van der Waals surface area (Å²) in [6, 6.07) is 0. The molecule has 3 aliphatic rings. The SMILES string of the molecule is OC[C@@H]1O[C@H](O)[C@@H](O)[C@H](O)[C@H]1O[C@@H]1O[C@H](CO)[C@@H](O[C@@H]2O[C@H](CO)[C@H](O)[C@H](O)[C@@H]2O)[C@H](O)[C@@H]1O. The third kappa shape index (κ3) is 5.37. The predicted octanol–water partition coefficient (Wildman–Crippen LogP) is -7.57. The molecule has 3 heterocycles. The van der Waals surface area contributed by atoms with Gasteiger partial charge in [0.25, 0.3) is 0 Å². The van der Waals surface area contributed by atoms with Crippen LogP contribution in [0.3, 0.4) is 0 Å². The Morgan fingerprint density at radius 3 is 1.35 bits per heavy atom. The summed E-state index contributed by atoms with van der Waals surface area (Å²) in [7, 11) is 0. The minimum atomic E-state index is -1.91. The Hall–Kier alpha value is -0.640. The van der Waals surface area contributed by atoms with Crippen molar-refractivity contribution in [1.82, 2.24) is 0 Å². The first-order chi connectivity index (χ1) is 16.0. The minimum absolute atomic E-state index is 0.741. The van der Waals surface area contributed by atoms with E-state index >= 15 is 0 Å². The van der Waals surface area contributed by atoms with Crippen LogP contribution in [-0.4, -0.2) is 168 Å². The van der Waals surface area contributed by atoms with Crippen molar-refractivity contribution < 1.29 is 79.9 Å². The van der Waals surface area contributed by atoms with Crippen molar-refractivity contribution >= 4 is 0 Å². The molecular weight excluding hydrogens is 472 g/mol. The molecule has 0 radical (unpaired) electrons. The van der Waals surface area contributed by atoms with Crippen LogP contribution in [0.4, 0.5) is 0 Å². The van der Waals surface area contributed by atoms with Gasteiger partial charge in [-0.1, -0.05) is 0 Å². The Bertz CT molecular complexity index is 635. The fourth-order valence-electron chi connectivity index (χ4n) is 4.06. The van der Waals surface area contributed by atoms with Gasteiger partial charge < -0.3 is 79.9 Å². The summed E-state index contributed by atoms with van der Waals surface area (Å²) in [5.41, 5.74) is 0. The number of hydrogen-bond acceptors (Lipinski definition) is 16. The van der Waals surface area contributed by atoms with Gasteiger partial charge in [0.05, 0.1) is 19.8 Å². The monoisotopic (exact) mass is 504 g/mol. The van der Waals surface area contributed by atoms with Crippen LogP contribution >= 0.6 is 0 Å². The van der Waals surface area contributed by atoms with E-state index in [2.05, 4.69) is 0 Å². The molecule has 0 spiro atoms. The second-order valence-electron chi connectivity index (χ2n) is 8.33. The van der Waals surface area contributed by atoms with E-state index in [9.17, 15) is 56.2 Å². The summed E-state index contributed by atoms with van der Waals surface area (Å²) in [6.45, 7) is -2.32. The molecule has 0 bridgehead atoms. The zero-order chi connectivity index (χ0) is 25.3. The molecule has 0 saturated carbocycles. The molecule has 3 fully saturated rings. The molecular formula is C18H32O16. The summed E-state index contributed by atoms with van der Waals surface area (Å²) in [6.07, 6.45) is -25.1. The van der Waals surface area contributed by atoms with Crippen LogP contribution in [0.1, 0.15) is 0 Å². The van der Waals surface area contributed by atoms with Crippen LogP contribution in [0.5, 0.6) is 0 Å². The van der Waals surface area contributed by atoms with Crippen molar-refractivity contribution in [2.24, 2.45) is 0 Å². The van der Waals surface area contributed by atoms with E-state index in [-0.39, 0.29) is 0 Å². The van der Waals surface area contributed by atoms with E-state index in [0.29, 0.717) is 0 Å². The summed E-state index contributed by atoms with van der Waals surface area (Å²) >= 11 is 0. The van der Waals surface area contributed by atoms with Crippen molar-refractivity contribution in [2.45, 2.75) is 92.1 Å². The second-order valence-corrected chi connectivity index (χ2v) is 8.33. The molecule has 34 heavy (non-hydrogen) atoms. The average molecular weight is 504 g/mol. The third-order valence-corrected chi connectivity index (χ3v) is 6.09. The highest BCUT2D eigenvalue weighted by Crippen LogP contribution is 2.32. The summed E-state index contributed by atoms with van der Waals surface area (Å²) < 4.78 is 26.4. The van der Waals surface area contributed by atoms with Gasteiger partial charge in [-0.25, -0.2) is 0 Å². The lowest BCUT2D eigenvalue weighted by atomic mass is 9.96. The number of aliphatic hydroxyl groups is 11. The molecule has 16 nitrogen and oxygen atoms in total. The number of rotatable bonds is 7. The van der Waals surface area contributed by atoms with Crippen LogP contribution < -0.4 is 0 Å². The topological polar surface area (TPSA) is 269 Å². The Balaban J connectivity index is 1.72. The van der Waals surface area contributed by atoms with E-state index in [1.165, 1.54) is 0 Å². The Kier molecular flexibility index (Phi) is 9.54. The smallest absolute Gasteiger partial charge is 0.187 e. The van der Waals surface area contributed by atoms with Crippen LogP contribution in [0.2, 0.25) is 0 Å². The lowest BCUT2D eigenvalue weighted by Crippen LogP contribution is -2.66. The summed E-state index contributed by atoms with van der Waals surface area (Å²) in [5, 5.41) is 109. The Morgan fingerprint density at radius 1 is 0.441 bits per heavy atom. The van der Waals surface area contributed by atoms with Crippen LogP contribution in [0, 0.1) is 0 Å². The van der Waals surface area contributed by atoms with E-state index < -0.39 is 112 Å². The van der Waals surface area contributed by atoms with Crippen molar-refractivity contribution in [3.05, 3.63) is 0 Å². The lowest BCUT2D eigenvalue weighted by Gasteiger charge is -2.47. The standard InChI is InChI=1S/C18H32O16/c19-1-4-7(22)8(23)12(27)17(31-4)34-15-6(3-21)32-18(13(28)10(15)25)33-14-5(2-20)30-16(29)11(26)9(14)24/h4-29H,1-3H2/t4-,5+,6-,7+,8+,9+,10-,11+,12+,13+,14+,15-,16+,17+,18+/m1/s1. The molecule has 0 aromatic heterocycles. The van der Waals surface area contributed by atoms with Crippen LogP contribution in [0.25, 0.3) is 0 Å². The minimum Gasteiger partial charge on any atom is -0.394 e. The van der Waals surface area contributed by atoms with Crippen LogP contribution in [-0.2, 0) is 23.7 Å². The summed E-state index contributed by atoms with van der Waals surface area (Å²) in [4.78, 5) is 0. The maximum atomic E-state index is 10.6. The quantitative estimate of drug-likeness (QED) is 0.154. The van der Waals surface area contributed by atoms with Gasteiger partial charge in [0.1, 0.15) is 73.2 Å². The second kappa shape index (κ2) is 11.6. The molecule has 11 N–H and O–H groups in total. The first-order valence-corrected chi connectivity index (χ1v) is 10.6. The number of hydrogen-bond donors (Lipinski definition) is 11. The summed E-state index contributed by atoms with van der Waals surface area (Å²) in [5.74, 6) is 0. The van der Waals surface area contributed by atoms with E-state index in [1.807, 2.05) is 0 Å². The molecule has 0 unspecified atom stereocenters. The van der Waals surface area contributed by atoms with Gasteiger partial charge in [-0.2, -0.15) is 0 Å². The average Bonchev–Trinajstić information content (AvgIpc) is 2.83. The molecule has 0 aliphatic carbocycles. The highest BCUT2D eigenvalue weighted by molar-refractivity contribution is 4.96. The molecule has 16 heteroatoms. The molecule has 0 aromatic rings. The van der Waals surface area contributed by atoms with Gasteiger partial charge >= 0.3 is 0 Å². The van der Waals surface area contributed by atoms with Gasteiger partial charge in [-0.3, -0.25) is 0 Å². The highest BCUT2D eigenvalue weighted by Gasteiger charge is 2.53. The maximum absolute atomic E-state index is 10.6. The van der Waals surface area contributed by atoms with Gasteiger partial charge in [0, 0.05) is 0 Å². The highest BCUT2D eigenvalue weighted by atomic mass is 16.8. The zero-order valence-corrected chi connectivity index (χ0v) is 17.7. The van der Waals surface area contributed by atoms with Crippen LogP contribution in [0.15, 0.2) is 0 Å². The van der Waals surface area contributed by atoms with Gasteiger partial charge in [0.15, 0.2) is 18.9 Å². The fourth-order valence-corrected chi connectivity index (χ4v) is 4.06. The Morgan fingerprint density at radius 2 is 0.853 bits per heavy atom. The molecule has 0 aromatic carbocycles. The lowest BCUT2D eigenvalue weighted by molar-refractivity contribution is -0.377. The number of ether oxygens (including phenoxy) is 5. The molecule has 3 saturated heterocycles. The molecule has 15 atom stereocenters. The molecule has 200 valence electrons. The normalized spacial score (nSPS) is 52.5. The van der Waals surface area contributed by atoms with E-state index in [0.717, 1.165) is 0 Å². The Labute approximate surface area is 192 Å². The van der Waals surface area contributed by atoms with E-state index in [4.69, 9.17) is 23.7 Å². The van der Waals surface area contributed by atoms with E-state index in [1.54, 1.807) is 0 Å². The number of aliphatic hydroxyl groups excluding tert-OH is 11. The first kappa shape index (κ1) is 27.9. The van der Waals surface area contributed by atoms with Gasteiger partial charge in [-0.05, 0) is 0 Å². The first-order valence-electron chi connectivity index (χ1n) is 10.6. The molecule has 3 aliphatic heterocycles. The van der Waals surface area contributed by atoms with Gasteiger partial charge in [0.2, 0.25) is 0 Å². The third-order valence-electron chi connectivity index (χ3n) is 6.09. The maximum Gasteiger partial charge on any atom is 0.187 e. The zero-order valence-electron chi connectivity index (χ0n) is 17.7. The molecule has 3 rings (SSSR count). The largest absolute Gasteiger partial charge is 0.394 e. The van der Waals surface area contributed by atoms with Crippen molar-refractivity contribution in [3.8, 4) is 0 Å². The van der Waals surface area contributed by atoms with Crippen molar-refractivity contribution in [3.63, 3.8) is 0 Å². The van der Waals surface area contributed by atoms with Gasteiger partial charge in [-0.15, -0.1) is 0 Å².